The van der Waals surface area contributed by atoms with E-state index in [1.807, 2.05) is 0 Å². The van der Waals surface area contributed by atoms with E-state index in [0.717, 1.165) is 31.3 Å². The molecule has 1 aromatic rings. The van der Waals surface area contributed by atoms with Crippen LogP contribution in [-0.2, 0) is 4.74 Å². The number of hydrogen-bond acceptors (Lipinski definition) is 6. The fourth-order valence-electron chi connectivity index (χ4n) is 1.70. The molecule has 5 nitrogen and oxygen atoms in total. The normalized spacial score (nSPS) is 23.7. The van der Waals surface area contributed by atoms with Crippen LogP contribution in [0.5, 0.6) is 0 Å². The van der Waals surface area contributed by atoms with E-state index in [-0.39, 0.29) is 0 Å². The van der Waals surface area contributed by atoms with E-state index in [4.69, 9.17) is 4.74 Å². The Morgan fingerprint density at radius 2 is 2.73 bits per heavy atom. The highest BCUT2D eigenvalue weighted by Crippen LogP contribution is 2.12. The zero-order valence-corrected chi connectivity index (χ0v) is 9.59. The van der Waals surface area contributed by atoms with Crippen molar-refractivity contribution in [3.8, 4) is 0 Å². The lowest BCUT2D eigenvalue weighted by Crippen LogP contribution is -2.43. The van der Waals surface area contributed by atoms with Gasteiger partial charge in [-0.15, -0.1) is 10.2 Å². The van der Waals surface area contributed by atoms with Crippen LogP contribution < -0.4 is 10.6 Å². The van der Waals surface area contributed by atoms with Gasteiger partial charge in [-0.05, 0) is 13.3 Å². The maximum atomic E-state index is 5.40. The largest absolute Gasteiger partial charge is 0.379 e. The number of rotatable bonds is 4. The summed E-state index contributed by atoms with van der Waals surface area (Å²) in [5, 5.41) is 15.4. The summed E-state index contributed by atoms with van der Waals surface area (Å²) < 4.78 is 5.40. The molecule has 0 saturated carbocycles. The molecule has 0 bridgehead atoms. The average Bonchev–Trinajstić information content (AvgIpc) is 2.71. The lowest BCUT2D eigenvalue weighted by molar-refractivity contribution is 0.0731. The minimum Gasteiger partial charge on any atom is -0.379 e. The van der Waals surface area contributed by atoms with Crippen molar-refractivity contribution >= 4 is 16.5 Å². The molecule has 1 aromatic heterocycles. The van der Waals surface area contributed by atoms with Crippen molar-refractivity contribution in [1.29, 1.82) is 0 Å². The number of anilines is 1. The van der Waals surface area contributed by atoms with Crippen molar-refractivity contribution in [2.45, 2.75) is 25.4 Å². The lowest BCUT2D eigenvalue weighted by Gasteiger charge is -2.26. The fraction of sp³-hybridized carbons (Fsp3) is 0.778. The topological polar surface area (TPSA) is 59.1 Å². The van der Waals surface area contributed by atoms with Gasteiger partial charge in [-0.2, -0.15) is 0 Å². The molecule has 6 heteroatoms. The Hall–Kier alpha value is -0.720. The van der Waals surface area contributed by atoms with Crippen molar-refractivity contribution in [2.75, 3.05) is 25.1 Å². The van der Waals surface area contributed by atoms with Crippen molar-refractivity contribution in [3.63, 3.8) is 0 Å². The van der Waals surface area contributed by atoms with Gasteiger partial charge in [0.2, 0.25) is 5.13 Å². The quantitative estimate of drug-likeness (QED) is 0.795. The molecule has 0 aliphatic carbocycles. The van der Waals surface area contributed by atoms with Crippen molar-refractivity contribution in [3.05, 3.63) is 5.51 Å². The van der Waals surface area contributed by atoms with Gasteiger partial charge in [0.15, 0.2) is 0 Å². The zero-order valence-electron chi connectivity index (χ0n) is 8.77. The summed E-state index contributed by atoms with van der Waals surface area (Å²) in [6.45, 7) is 4.74. The number of nitrogens with zero attached hydrogens (tertiary/aromatic N) is 2. The maximum absolute atomic E-state index is 5.40. The molecule has 2 N–H and O–H groups in total. The Labute approximate surface area is 93.2 Å². The second-order valence-corrected chi connectivity index (χ2v) is 4.58. The minimum absolute atomic E-state index is 0.386. The number of hydrogen-bond donors (Lipinski definition) is 2. The van der Waals surface area contributed by atoms with E-state index in [0.29, 0.717) is 12.1 Å². The Morgan fingerprint density at radius 1 is 1.80 bits per heavy atom. The third-order valence-electron chi connectivity index (χ3n) is 2.37. The predicted molar refractivity (Wildman–Crippen MR) is 60.2 cm³/mol. The second kappa shape index (κ2) is 5.39. The summed E-state index contributed by atoms with van der Waals surface area (Å²) in [6, 6.07) is 0.839. The monoisotopic (exact) mass is 228 g/mol. The van der Waals surface area contributed by atoms with E-state index in [1.165, 1.54) is 11.3 Å². The number of nitrogens with one attached hydrogen (secondary N) is 2. The SMILES string of the molecule is CC(CC1COCCN1)Nc1nncs1. The highest BCUT2D eigenvalue weighted by Gasteiger charge is 2.16. The smallest absolute Gasteiger partial charge is 0.205 e. The van der Waals surface area contributed by atoms with Gasteiger partial charge in [0, 0.05) is 18.6 Å². The Kier molecular flexibility index (Phi) is 3.87. The van der Waals surface area contributed by atoms with E-state index < -0.39 is 0 Å². The molecule has 1 aliphatic rings. The molecule has 0 radical (unpaired) electrons. The lowest BCUT2D eigenvalue weighted by atomic mass is 10.1. The Balaban J connectivity index is 1.74. The Morgan fingerprint density at radius 3 is 3.40 bits per heavy atom. The Bertz CT molecular complexity index is 274. The molecule has 2 atom stereocenters. The van der Waals surface area contributed by atoms with E-state index >= 15 is 0 Å². The van der Waals surface area contributed by atoms with Crippen LogP contribution in [0.2, 0.25) is 0 Å². The molecule has 1 saturated heterocycles. The van der Waals surface area contributed by atoms with Gasteiger partial charge in [-0.25, -0.2) is 0 Å². The van der Waals surface area contributed by atoms with Gasteiger partial charge in [-0.3, -0.25) is 0 Å². The van der Waals surface area contributed by atoms with Crippen LogP contribution in [0.25, 0.3) is 0 Å². The van der Waals surface area contributed by atoms with Crippen molar-refractivity contribution < 1.29 is 4.74 Å². The minimum atomic E-state index is 0.386. The first-order valence-corrected chi connectivity index (χ1v) is 6.06. The summed E-state index contributed by atoms with van der Waals surface area (Å²) in [5.41, 5.74) is 1.73. The zero-order chi connectivity index (χ0) is 10.5. The van der Waals surface area contributed by atoms with E-state index in [9.17, 15) is 0 Å². The number of aromatic nitrogens is 2. The van der Waals surface area contributed by atoms with Gasteiger partial charge >= 0.3 is 0 Å². The summed E-state index contributed by atoms with van der Waals surface area (Å²) in [4.78, 5) is 0. The van der Waals surface area contributed by atoms with Crippen molar-refractivity contribution in [1.82, 2.24) is 15.5 Å². The van der Waals surface area contributed by atoms with Crippen LogP contribution in [0.1, 0.15) is 13.3 Å². The molecule has 84 valence electrons. The molecule has 2 unspecified atom stereocenters. The first-order valence-electron chi connectivity index (χ1n) is 5.18. The standard InChI is InChI=1S/C9H16N4OS/c1-7(12-9-13-11-6-15-9)4-8-5-14-3-2-10-8/h6-8,10H,2-5H2,1H3,(H,12,13). The summed E-state index contributed by atoms with van der Waals surface area (Å²) in [6.07, 6.45) is 1.04. The van der Waals surface area contributed by atoms with Gasteiger partial charge in [-0.1, -0.05) is 11.3 Å². The third kappa shape index (κ3) is 3.40. The van der Waals surface area contributed by atoms with E-state index in [1.54, 1.807) is 5.51 Å². The van der Waals surface area contributed by atoms with Gasteiger partial charge in [0.25, 0.3) is 0 Å². The summed E-state index contributed by atoms with van der Waals surface area (Å²) >= 11 is 1.53. The molecule has 1 fully saturated rings. The average molecular weight is 228 g/mol. The van der Waals surface area contributed by atoms with Crippen LogP contribution in [0, 0.1) is 0 Å². The predicted octanol–water partition coefficient (Wildman–Crippen LogP) is 0.717. The maximum Gasteiger partial charge on any atom is 0.205 e. The fourth-order valence-corrected chi connectivity index (χ4v) is 2.26. The molecule has 0 spiro atoms. The van der Waals surface area contributed by atoms with Crippen molar-refractivity contribution in [2.24, 2.45) is 0 Å². The number of morpholine rings is 1. The van der Waals surface area contributed by atoms with Crippen LogP contribution in [0.4, 0.5) is 5.13 Å². The van der Waals surface area contributed by atoms with E-state index in [2.05, 4.69) is 27.8 Å². The van der Waals surface area contributed by atoms with Crippen LogP contribution in [-0.4, -0.2) is 42.0 Å². The van der Waals surface area contributed by atoms with Crippen LogP contribution in [0.15, 0.2) is 5.51 Å². The molecule has 0 amide bonds. The highest BCUT2D eigenvalue weighted by molar-refractivity contribution is 7.13. The molecule has 0 aromatic carbocycles. The summed E-state index contributed by atoms with van der Waals surface area (Å²) in [5.74, 6) is 0. The molecular weight excluding hydrogens is 212 g/mol. The third-order valence-corrected chi connectivity index (χ3v) is 2.99. The first kappa shape index (κ1) is 10.8. The molecule has 1 aliphatic heterocycles. The highest BCUT2D eigenvalue weighted by atomic mass is 32.1. The molecule has 2 rings (SSSR count). The molecule has 2 heterocycles. The second-order valence-electron chi connectivity index (χ2n) is 3.75. The first-order chi connectivity index (χ1) is 7.34. The number of ether oxygens (including phenoxy) is 1. The van der Waals surface area contributed by atoms with Gasteiger partial charge in [0.05, 0.1) is 13.2 Å². The molecule has 15 heavy (non-hydrogen) atoms. The van der Waals surface area contributed by atoms with Crippen LogP contribution >= 0.6 is 11.3 Å². The molecular formula is C9H16N4OS. The van der Waals surface area contributed by atoms with Crippen LogP contribution in [0.3, 0.4) is 0 Å². The van der Waals surface area contributed by atoms with Gasteiger partial charge in [0.1, 0.15) is 5.51 Å². The van der Waals surface area contributed by atoms with Gasteiger partial charge < -0.3 is 15.4 Å². The summed E-state index contributed by atoms with van der Waals surface area (Å²) in [7, 11) is 0.